The van der Waals surface area contributed by atoms with Crippen LogP contribution in [0.25, 0.3) is 0 Å². The molecular weight excluding hydrogens is 422 g/mol. The molecule has 0 bridgehead atoms. The van der Waals surface area contributed by atoms with E-state index in [2.05, 4.69) is 16.0 Å². The molecule has 1 unspecified atom stereocenters. The third-order valence-corrected chi connectivity index (χ3v) is 3.43. The highest BCUT2D eigenvalue weighted by Gasteiger charge is 2.28. The molecule has 186 valence electrons. The number of alkyl carbamates (subject to hydrolysis) is 3. The Morgan fingerprint density at radius 2 is 1.03 bits per heavy atom. The second-order valence-corrected chi connectivity index (χ2v) is 10.4. The summed E-state index contributed by atoms with van der Waals surface area (Å²) in [6.45, 7) is 15.2. The van der Waals surface area contributed by atoms with Crippen LogP contribution >= 0.6 is 0 Å². The molecule has 11 heteroatoms. The van der Waals surface area contributed by atoms with Crippen LogP contribution in [0, 0.1) is 5.92 Å². The fourth-order valence-corrected chi connectivity index (χ4v) is 2.33. The van der Waals surface area contributed by atoms with Crippen molar-refractivity contribution in [2.24, 2.45) is 5.92 Å². The Morgan fingerprint density at radius 3 is 1.34 bits per heavy atom. The van der Waals surface area contributed by atoms with Crippen molar-refractivity contribution in [2.75, 3.05) is 13.1 Å². The molecule has 11 nitrogen and oxygen atoms in total. The van der Waals surface area contributed by atoms with Crippen LogP contribution in [0.2, 0.25) is 0 Å². The van der Waals surface area contributed by atoms with E-state index in [0.717, 1.165) is 0 Å². The molecule has 32 heavy (non-hydrogen) atoms. The van der Waals surface area contributed by atoms with Gasteiger partial charge in [0.2, 0.25) is 0 Å². The predicted molar refractivity (Wildman–Crippen MR) is 117 cm³/mol. The number of amides is 3. The molecule has 0 fully saturated rings. The van der Waals surface area contributed by atoms with Gasteiger partial charge in [0.1, 0.15) is 22.8 Å². The monoisotopic (exact) mass is 461 g/mol. The van der Waals surface area contributed by atoms with Crippen LogP contribution in [-0.4, -0.2) is 65.3 Å². The molecule has 0 heterocycles. The molecule has 0 aliphatic heterocycles. The zero-order chi connectivity index (χ0) is 25.3. The fourth-order valence-electron chi connectivity index (χ4n) is 2.33. The van der Waals surface area contributed by atoms with E-state index in [1.807, 2.05) is 0 Å². The van der Waals surface area contributed by atoms with Crippen LogP contribution in [0.4, 0.5) is 14.4 Å². The molecule has 4 N–H and O–H groups in total. The summed E-state index contributed by atoms with van der Waals surface area (Å²) in [5.41, 5.74) is -2.23. The van der Waals surface area contributed by atoms with Crippen LogP contribution < -0.4 is 16.0 Å². The number of nitrogens with one attached hydrogen (secondary N) is 3. The van der Waals surface area contributed by atoms with Crippen molar-refractivity contribution in [1.82, 2.24) is 16.0 Å². The molecule has 0 aromatic rings. The Hall–Kier alpha value is -2.72. The lowest BCUT2D eigenvalue weighted by Crippen LogP contribution is -2.47. The van der Waals surface area contributed by atoms with E-state index in [4.69, 9.17) is 14.2 Å². The highest BCUT2D eigenvalue weighted by molar-refractivity contribution is 5.80. The van der Waals surface area contributed by atoms with Crippen molar-refractivity contribution < 1.29 is 38.5 Å². The van der Waals surface area contributed by atoms with Crippen LogP contribution in [0.3, 0.4) is 0 Å². The number of carboxylic acid groups (broad SMARTS) is 1. The van der Waals surface area contributed by atoms with Crippen LogP contribution in [0.1, 0.15) is 68.7 Å². The molecule has 0 saturated carbocycles. The number of carboxylic acids is 1. The molecule has 3 amide bonds. The molecule has 0 aromatic heterocycles. The fraction of sp³-hybridized carbons (Fsp3) is 0.810. The quantitative estimate of drug-likeness (QED) is 0.403. The maximum atomic E-state index is 12.0. The second-order valence-electron chi connectivity index (χ2n) is 10.4. The summed E-state index contributed by atoms with van der Waals surface area (Å²) in [5.74, 6) is -1.85. The van der Waals surface area contributed by atoms with E-state index in [-0.39, 0.29) is 19.5 Å². The summed E-state index contributed by atoms with van der Waals surface area (Å²) in [7, 11) is 0. The van der Waals surface area contributed by atoms with E-state index in [9.17, 15) is 24.3 Å². The van der Waals surface area contributed by atoms with Gasteiger partial charge in [-0.25, -0.2) is 19.2 Å². The van der Waals surface area contributed by atoms with E-state index >= 15 is 0 Å². The average molecular weight is 462 g/mol. The van der Waals surface area contributed by atoms with Gasteiger partial charge in [0.15, 0.2) is 0 Å². The lowest BCUT2D eigenvalue weighted by atomic mass is 9.99. The first-order chi connectivity index (χ1) is 14.3. The number of carbonyl (C=O) groups excluding carboxylic acids is 3. The molecule has 0 radical (unpaired) electrons. The van der Waals surface area contributed by atoms with Gasteiger partial charge in [-0.1, -0.05) is 0 Å². The Bertz CT molecular complexity index is 627. The molecule has 0 rings (SSSR count). The maximum absolute atomic E-state index is 12.0. The molecule has 0 aliphatic rings. The summed E-state index contributed by atoms with van der Waals surface area (Å²) in [6.07, 6.45) is -2.36. The number of ether oxygens (including phenoxy) is 3. The Morgan fingerprint density at radius 1 is 0.688 bits per heavy atom. The van der Waals surface area contributed by atoms with E-state index in [1.54, 1.807) is 62.3 Å². The highest BCUT2D eigenvalue weighted by Crippen LogP contribution is 2.12. The SMILES string of the molecule is CC(C)(C)OC(=O)NCC(CNC(=O)OC(C)(C)C)CC(NC(=O)OC(C)(C)C)C(=O)O. The molecular formula is C21H39N3O8. The number of aliphatic carboxylic acids is 1. The molecule has 0 aromatic carbocycles. The number of hydrogen-bond donors (Lipinski definition) is 4. The second kappa shape index (κ2) is 11.8. The lowest BCUT2D eigenvalue weighted by molar-refractivity contribution is -0.140. The van der Waals surface area contributed by atoms with Gasteiger partial charge in [-0.3, -0.25) is 0 Å². The Balaban J connectivity index is 5.22. The number of hydrogen-bond acceptors (Lipinski definition) is 7. The average Bonchev–Trinajstić information content (AvgIpc) is 2.51. The summed E-state index contributed by atoms with van der Waals surface area (Å²) < 4.78 is 15.5. The van der Waals surface area contributed by atoms with Gasteiger partial charge in [-0.15, -0.1) is 0 Å². The number of carbonyl (C=O) groups is 4. The van der Waals surface area contributed by atoms with Gasteiger partial charge in [-0.05, 0) is 74.7 Å². The topological polar surface area (TPSA) is 152 Å². The lowest BCUT2D eigenvalue weighted by Gasteiger charge is -2.26. The predicted octanol–water partition coefficient (Wildman–Crippen LogP) is 3.02. The van der Waals surface area contributed by atoms with Gasteiger partial charge in [0.25, 0.3) is 0 Å². The third-order valence-electron chi connectivity index (χ3n) is 3.43. The zero-order valence-electron chi connectivity index (χ0n) is 20.6. The van der Waals surface area contributed by atoms with Crippen molar-refractivity contribution in [1.29, 1.82) is 0 Å². The van der Waals surface area contributed by atoms with E-state index in [1.165, 1.54) is 0 Å². The molecule has 1 atom stereocenters. The summed E-state index contributed by atoms with van der Waals surface area (Å²) in [5, 5.41) is 17.0. The van der Waals surface area contributed by atoms with Gasteiger partial charge < -0.3 is 35.3 Å². The van der Waals surface area contributed by atoms with Gasteiger partial charge in [0.05, 0.1) is 0 Å². The zero-order valence-corrected chi connectivity index (χ0v) is 20.6. The molecule has 0 spiro atoms. The summed E-state index contributed by atoms with van der Waals surface area (Å²) in [4.78, 5) is 47.7. The first-order valence-electron chi connectivity index (χ1n) is 10.4. The van der Waals surface area contributed by atoms with Crippen molar-refractivity contribution in [2.45, 2.75) is 91.6 Å². The Kier molecular flexibility index (Phi) is 10.8. The van der Waals surface area contributed by atoms with E-state index in [0.29, 0.717) is 0 Å². The third kappa shape index (κ3) is 16.0. The van der Waals surface area contributed by atoms with Gasteiger partial charge in [-0.2, -0.15) is 0 Å². The van der Waals surface area contributed by atoms with Crippen LogP contribution in [0.15, 0.2) is 0 Å². The van der Waals surface area contributed by atoms with E-state index < -0.39 is 53.0 Å². The largest absolute Gasteiger partial charge is 0.480 e. The minimum atomic E-state index is -1.31. The van der Waals surface area contributed by atoms with Crippen LogP contribution in [0.5, 0.6) is 0 Å². The summed E-state index contributed by atoms with van der Waals surface area (Å²) >= 11 is 0. The van der Waals surface area contributed by atoms with Crippen molar-refractivity contribution in [3.8, 4) is 0 Å². The maximum Gasteiger partial charge on any atom is 0.408 e. The Labute approximate surface area is 189 Å². The van der Waals surface area contributed by atoms with Gasteiger partial charge in [0, 0.05) is 13.1 Å². The summed E-state index contributed by atoms with van der Waals surface area (Å²) in [6, 6.07) is -1.31. The minimum Gasteiger partial charge on any atom is -0.480 e. The number of rotatable bonds is 8. The molecule has 0 saturated heterocycles. The van der Waals surface area contributed by atoms with Crippen molar-refractivity contribution >= 4 is 24.2 Å². The molecule has 0 aliphatic carbocycles. The van der Waals surface area contributed by atoms with Gasteiger partial charge >= 0.3 is 24.2 Å². The minimum absolute atomic E-state index is 0.00943. The normalized spacial score (nSPS) is 13.1. The van der Waals surface area contributed by atoms with Crippen molar-refractivity contribution in [3.63, 3.8) is 0 Å². The standard InChI is InChI=1S/C21H39N3O8/c1-19(2,3)30-16(27)22-11-13(12-23-17(28)31-20(4,5)6)10-14(15(25)26)24-18(29)32-21(7,8)9/h13-14H,10-12H2,1-9H3,(H,22,27)(H,23,28)(H,24,29)(H,25,26). The highest BCUT2D eigenvalue weighted by atomic mass is 16.6. The van der Waals surface area contributed by atoms with Crippen LogP contribution in [-0.2, 0) is 19.0 Å². The first kappa shape index (κ1) is 29.3. The first-order valence-corrected chi connectivity index (χ1v) is 10.4. The van der Waals surface area contributed by atoms with Crippen molar-refractivity contribution in [3.05, 3.63) is 0 Å². The smallest absolute Gasteiger partial charge is 0.408 e.